The van der Waals surface area contributed by atoms with E-state index in [4.69, 9.17) is 0 Å². The van der Waals surface area contributed by atoms with Crippen LogP contribution in [-0.2, 0) is 5.41 Å². The van der Waals surface area contributed by atoms with Gasteiger partial charge in [0, 0.05) is 27.3 Å². The molecule has 3 nitrogen and oxygen atoms in total. The van der Waals surface area contributed by atoms with Crippen LogP contribution in [0.15, 0.2) is 140 Å². The number of nitrogens with zero attached hydrogens (tertiary/aromatic N) is 3. The van der Waals surface area contributed by atoms with Crippen LogP contribution in [0.1, 0.15) is 48.8 Å². The zero-order valence-corrected chi connectivity index (χ0v) is 28.0. The summed E-state index contributed by atoms with van der Waals surface area (Å²) in [5, 5.41) is 12.0. The molecule has 7 aromatic rings. The summed E-state index contributed by atoms with van der Waals surface area (Å²) < 4.78 is 2.39. The van der Waals surface area contributed by atoms with Crippen molar-refractivity contribution in [3.05, 3.63) is 156 Å². The molecule has 0 unspecified atom stereocenters. The minimum atomic E-state index is 0.0786. The van der Waals surface area contributed by atoms with Crippen LogP contribution in [0, 0.1) is 35.0 Å². The van der Waals surface area contributed by atoms with E-state index in [1.54, 1.807) is 0 Å². The van der Waals surface area contributed by atoms with Gasteiger partial charge in [0.25, 0.3) is 0 Å². The third kappa shape index (κ3) is 3.69. The van der Waals surface area contributed by atoms with E-state index in [9.17, 15) is 5.26 Å². The molecule has 1 spiro atoms. The highest BCUT2D eigenvalue weighted by Gasteiger charge is 2.61. The first-order valence-corrected chi connectivity index (χ1v) is 18.3. The van der Waals surface area contributed by atoms with Crippen molar-refractivity contribution in [2.45, 2.75) is 37.5 Å². The zero-order valence-electron chi connectivity index (χ0n) is 28.0. The largest absolute Gasteiger partial charge is 0.309 e. The van der Waals surface area contributed by atoms with Crippen molar-refractivity contribution < 1.29 is 0 Å². The first kappa shape index (κ1) is 28.3. The van der Waals surface area contributed by atoms with Crippen molar-refractivity contribution in [2.75, 3.05) is 4.90 Å². The highest BCUT2D eigenvalue weighted by Crippen LogP contribution is 2.69. The minimum Gasteiger partial charge on any atom is -0.309 e. The summed E-state index contributed by atoms with van der Waals surface area (Å²) in [5.74, 6) is 3.22. The Balaban J connectivity index is 1.15. The van der Waals surface area contributed by atoms with Gasteiger partial charge in [-0.25, -0.2) is 0 Å². The van der Waals surface area contributed by atoms with Crippen molar-refractivity contribution in [1.29, 1.82) is 5.26 Å². The lowest BCUT2D eigenvalue weighted by Crippen LogP contribution is -2.57. The Morgan fingerprint density at radius 2 is 1.02 bits per heavy atom. The summed E-state index contributed by atoms with van der Waals surface area (Å²) in [6.45, 7) is 0. The number of hydrogen-bond donors (Lipinski definition) is 0. The summed E-state index contributed by atoms with van der Waals surface area (Å²) in [7, 11) is 0. The van der Waals surface area contributed by atoms with Crippen molar-refractivity contribution in [1.82, 2.24) is 4.57 Å². The molecule has 1 aliphatic heterocycles. The van der Waals surface area contributed by atoms with Crippen LogP contribution in [0.4, 0.5) is 17.1 Å². The van der Waals surface area contributed by atoms with Gasteiger partial charge in [-0.05, 0) is 115 Å². The molecule has 0 saturated heterocycles. The molecule has 240 valence electrons. The molecule has 4 aliphatic carbocycles. The molecule has 1 aromatic heterocycles. The number of aromatic nitrogens is 1. The van der Waals surface area contributed by atoms with Crippen molar-refractivity contribution >= 4 is 38.9 Å². The van der Waals surface area contributed by atoms with E-state index < -0.39 is 0 Å². The van der Waals surface area contributed by atoms with Crippen LogP contribution < -0.4 is 4.90 Å². The standard InChI is InChI=1S/C47H37N3/c48-29-30-21-22-44-38(28-30)37-13-3-8-18-43(37)49(44)41-16-6-1-11-35(41)36-12-2-7-17-42(36)50-45-19-9-4-14-39(45)47(40-15-5-10-20-46(40)50)33-24-31-23-32(26-33)27-34(47)25-31/h1-22,28,31-34H,23-27H2/t31-,32?,33-,34?/m0/s1. The maximum atomic E-state index is 9.76. The molecule has 2 heterocycles. The number of nitriles is 1. The van der Waals surface area contributed by atoms with Crippen LogP contribution in [0.25, 0.3) is 38.6 Å². The number of anilines is 3. The molecule has 4 fully saturated rings. The molecule has 50 heavy (non-hydrogen) atoms. The third-order valence-corrected chi connectivity index (χ3v) is 13.0. The van der Waals surface area contributed by atoms with Crippen LogP contribution in [0.2, 0.25) is 0 Å². The second-order valence-electron chi connectivity index (χ2n) is 15.3. The Morgan fingerprint density at radius 3 is 1.68 bits per heavy atom. The molecule has 0 N–H and O–H groups in total. The lowest BCUT2D eigenvalue weighted by Gasteiger charge is -2.64. The normalized spacial score (nSPS) is 22.5. The number of rotatable bonds is 3. The van der Waals surface area contributed by atoms with Gasteiger partial charge < -0.3 is 9.47 Å². The lowest BCUT2D eigenvalue weighted by molar-refractivity contribution is -0.0419. The maximum absolute atomic E-state index is 9.76. The van der Waals surface area contributed by atoms with E-state index in [1.807, 2.05) is 12.1 Å². The second-order valence-corrected chi connectivity index (χ2v) is 15.3. The SMILES string of the molecule is N#Cc1ccc2c(c1)c1ccccc1n2-c1ccccc1-c1ccccc1N1c2ccccc2C2(c3ccccc31)C1CC3C[C@H](C1)C[C@H]2C3. The molecule has 3 heteroatoms. The highest BCUT2D eigenvalue weighted by atomic mass is 15.2. The fourth-order valence-corrected chi connectivity index (χ4v) is 11.5. The second kappa shape index (κ2) is 10.5. The van der Waals surface area contributed by atoms with Crippen molar-refractivity contribution in [3.8, 4) is 22.9 Å². The van der Waals surface area contributed by atoms with Gasteiger partial charge in [0.05, 0.1) is 45.4 Å². The van der Waals surface area contributed by atoms with Crippen LogP contribution in [0.3, 0.4) is 0 Å². The van der Waals surface area contributed by atoms with Gasteiger partial charge in [-0.2, -0.15) is 5.26 Å². The summed E-state index contributed by atoms with van der Waals surface area (Å²) in [6, 6.07) is 53.7. The molecule has 12 rings (SSSR count). The van der Waals surface area contributed by atoms with E-state index in [0.29, 0.717) is 17.4 Å². The van der Waals surface area contributed by atoms with Gasteiger partial charge in [0.15, 0.2) is 0 Å². The topological polar surface area (TPSA) is 32.0 Å². The van der Waals surface area contributed by atoms with Crippen molar-refractivity contribution in [3.63, 3.8) is 0 Å². The summed E-state index contributed by atoms with van der Waals surface area (Å²) >= 11 is 0. The Kier molecular flexibility index (Phi) is 5.91. The van der Waals surface area contributed by atoms with Crippen LogP contribution in [-0.4, -0.2) is 4.57 Å². The molecule has 5 aliphatic rings. The predicted octanol–water partition coefficient (Wildman–Crippen LogP) is 11.8. The van der Waals surface area contributed by atoms with Gasteiger partial charge in [0.1, 0.15) is 0 Å². The van der Waals surface area contributed by atoms with E-state index in [2.05, 4.69) is 143 Å². The third-order valence-electron chi connectivity index (χ3n) is 13.0. The van der Waals surface area contributed by atoms with Gasteiger partial charge in [-0.15, -0.1) is 0 Å². The molecule has 0 atom stereocenters. The molecule has 0 amide bonds. The van der Waals surface area contributed by atoms with Crippen LogP contribution >= 0.6 is 0 Å². The number of fused-ring (bicyclic) bond motifs is 5. The van der Waals surface area contributed by atoms with Gasteiger partial charge in [-0.3, -0.25) is 0 Å². The molecular formula is C47H37N3. The number of benzene rings is 6. The molecule has 6 aromatic carbocycles. The maximum Gasteiger partial charge on any atom is 0.0991 e. The molecule has 4 bridgehead atoms. The van der Waals surface area contributed by atoms with E-state index in [1.165, 1.54) is 71.4 Å². The van der Waals surface area contributed by atoms with Crippen molar-refractivity contribution in [2.24, 2.45) is 23.7 Å². The van der Waals surface area contributed by atoms with Gasteiger partial charge in [0.2, 0.25) is 0 Å². The summed E-state index contributed by atoms with van der Waals surface area (Å²) in [5.41, 5.74) is 13.5. The highest BCUT2D eigenvalue weighted by molar-refractivity contribution is 6.10. The Hall–Kier alpha value is -5.59. The Labute approximate surface area is 293 Å². The Bertz CT molecular complexity index is 2470. The number of para-hydroxylation sites is 5. The Morgan fingerprint density at radius 1 is 0.500 bits per heavy atom. The summed E-state index contributed by atoms with van der Waals surface area (Å²) in [4.78, 5) is 2.58. The first-order valence-electron chi connectivity index (χ1n) is 18.3. The minimum absolute atomic E-state index is 0.0786. The fourth-order valence-electron chi connectivity index (χ4n) is 11.5. The smallest absolute Gasteiger partial charge is 0.0991 e. The molecule has 0 radical (unpaired) electrons. The fraction of sp³-hybridized carbons (Fsp3) is 0.213. The predicted molar refractivity (Wildman–Crippen MR) is 203 cm³/mol. The first-order chi connectivity index (χ1) is 24.7. The van der Waals surface area contributed by atoms with Gasteiger partial charge >= 0.3 is 0 Å². The number of hydrogen-bond acceptors (Lipinski definition) is 2. The quantitative estimate of drug-likeness (QED) is 0.192. The van der Waals surface area contributed by atoms with E-state index in [0.717, 1.165) is 39.3 Å². The monoisotopic (exact) mass is 643 g/mol. The average Bonchev–Trinajstić information content (AvgIpc) is 3.49. The van der Waals surface area contributed by atoms with E-state index in [-0.39, 0.29) is 5.41 Å². The van der Waals surface area contributed by atoms with Gasteiger partial charge in [-0.1, -0.05) is 91.0 Å². The average molecular weight is 644 g/mol. The summed E-state index contributed by atoms with van der Waals surface area (Å²) in [6.07, 6.45) is 6.93. The molecule has 4 saturated carbocycles. The molecular weight excluding hydrogens is 607 g/mol. The zero-order chi connectivity index (χ0) is 33.0. The van der Waals surface area contributed by atoms with Crippen LogP contribution in [0.5, 0.6) is 0 Å². The van der Waals surface area contributed by atoms with E-state index >= 15 is 0 Å². The lowest BCUT2D eigenvalue weighted by atomic mass is 9.41.